The Balaban J connectivity index is 2.23. The topological polar surface area (TPSA) is 65.1 Å². The zero-order valence-electron chi connectivity index (χ0n) is 12.3. The van der Waals surface area contributed by atoms with Crippen LogP contribution in [0.2, 0.25) is 0 Å². The van der Waals surface area contributed by atoms with Crippen molar-refractivity contribution >= 4 is 12.1 Å². The van der Waals surface area contributed by atoms with Gasteiger partial charge in [0, 0.05) is 6.42 Å². The molecule has 6 nitrogen and oxygen atoms in total. The molecule has 1 amide bonds. The highest BCUT2D eigenvalue weighted by Gasteiger charge is 2.40. The highest BCUT2D eigenvalue weighted by molar-refractivity contribution is 5.86. The SMILES string of the molecule is COC(=O)C1=C[C@@H](C(C)(C)C)C[C@@H](N2CCOC2=O)O1. The van der Waals surface area contributed by atoms with E-state index in [9.17, 15) is 9.59 Å². The van der Waals surface area contributed by atoms with Crippen molar-refractivity contribution in [3.63, 3.8) is 0 Å². The van der Waals surface area contributed by atoms with Crippen molar-refractivity contribution in [1.29, 1.82) is 0 Å². The van der Waals surface area contributed by atoms with Crippen LogP contribution >= 0.6 is 0 Å². The first-order valence-corrected chi connectivity index (χ1v) is 6.73. The van der Waals surface area contributed by atoms with Gasteiger partial charge in [0.1, 0.15) is 6.61 Å². The lowest BCUT2D eigenvalue weighted by Crippen LogP contribution is -2.43. The van der Waals surface area contributed by atoms with Crippen molar-refractivity contribution in [3.05, 3.63) is 11.8 Å². The molecule has 0 saturated carbocycles. The highest BCUT2D eigenvalue weighted by atomic mass is 16.6. The van der Waals surface area contributed by atoms with Crippen molar-refractivity contribution in [2.45, 2.75) is 33.4 Å². The summed E-state index contributed by atoms with van der Waals surface area (Å²) >= 11 is 0. The van der Waals surface area contributed by atoms with E-state index in [0.29, 0.717) is 19.6 Å². The molecule has 0 radical (unpaired) electrons. The van der Waals surface area contributed by atoms with Crippen LogP contribution in [0.15, 0.2) is 11.8 Å². The smallest absolute Gasteiger partial charge is 0.412 e. The van der Waals surface area contributed by atoms with Gasteiger partial charge in [0.05, 0.1) is 13.7 Å². The van der Waals surface area contributed by atoms with Crippen molar-refractivity contribution in [2.75, 3.05) is 20.3 Å². The third-order valence-electron chi connectivity index (χ3n) is 3.71. The van der Waals surface area contributed by atoms with E-state index < -0.39 is 18.3 Å². The summed E-state index contributed by atoms with van der Waals surface area (Å²) < 4.78 is 15.3. The number of hydrogen-bond donors (Lipinski definition) is 0. The maximum atomic E-state index is 11.7. The minimum atomic E-state index is -0.517. The predicted octanol–water partition coefficient (Wildman–Crippen LogP) is 1.90. The van der Waals surface area contributed by atoms with Crippen molar-refractivity contribution in [1.82, 2.24) is 4.90 Å². The van der Waals surface area contributed by atoms with Crippen molar-refractivity contribution < 1.29 is 23.8 Å². The lowest BCUT2D eigenvalue weighted by atomic mass is 9.77. The number of nitrogens with zero attached hydrogens (tertiary/aromatic N) is 1. The molecule has 20 heavy (non-hydrogen) atoms. The van der Waals surface area contributed by atoms with Gasteiger partial charge in [0.25, 0.3) is 0 Å². The summed E-state index contributed by atoms with van der Waals surface area (Å²) in [6.07, 6.45) is 1.56. The Morgan fingerprint density at radius 3 is 2.65 bits per heavy atom. The van der Waals surface area contributed by atoms with E-state index in [1.54, 1.807) is 6.08 Å². The van der Waals surface area contributed by atoms with Gasteiger partial charge in [-0.05, 0) is 17.4 Å². The van der Waals surface area contributed by atoms with Crippen LogP contribution in [0.5, 0.6) is 0 Å². The average molecular weight is 283 g/mol. The number of methoxy groups -OCH3 is 1. The number of rotatable bonds is 2. The Bertz CT molecular complexity index is 437. The fraction of sp³-hybridized carbons (Fsp3) is 0.714. The Hall–Kier alpha value is -1.72. The number of ether oxygens (including phenoxy) is 3. The quantitative estimate of drug-likeness (QED) is 0.724. The Morgan fingerprint density at radius 2 is 2.15 bits per heavy atom. The summed E-state index contributed by atoms with van der Waals surface area (Å²) in [6, 6.07) is 0. The van der Waals surface area contributed by atoms with E-state index in [0.717, 1.165) is 0 Å². The number of cyclic esters (lactones) is 1. The Kier molecular flexibility index (Phi) is 3.92. The number of esters is 1. The Morgan fingerprint density at radius 1 is 1.45 bits per heavy atom. The van der Waals surface area contributed by atoms with Crippen LogP contribution in [0.3, 0.4) is 0 Å². The van der Waals surface area contributed by atoms with Gasteiger partial charge in [0.2, 0.25) is 5.76 Å². The lowest BCUT2D eigenvalue weighted by Gasteiger charge is -2.38. The van der Waals surface area contributed by atoms with E-state index in [1.165, 1.54) is 12.0 Å². The van der Waals surface area contributed by atoms with Gasteiger partial charge in [-0.3, -0.25) is 4.90 Å². The van der Waals surface area contributed by atoms with Crippen LogP contribution in [-0.2, 0) is 19.0 Å². The summed E-state index contributed by atoms with van der Waals surface area (Å²) in [5.41, 5.74) is -0.0368. The molecule has 0 unspecified atom stereocenters. The Labute approximate surface area is 118 Å². The number of hydrogen-bond acceptors (Lipinski definition) is 5. The summed E-state index contributed by atoms with van der Waals surface area (Å²) in [6.45, 7) is 7.11. The van der Waals surface area contributed by atoms with Gasteiger partial charge in [0.15, 0.2) is 6.23 Å². The average Bonchev–Trinajstić information content (AvgIpc) is 2.82. The van der Waals surface area contributed by atoms with Gasteiger partial charge >= 0.3 is 12.1 Å². The molecular formula is C14H21NO5. The molecule has 2 atom stereocenters. The van der Waals surface area contributed by atoms with Crippen LogP contribution in [0.1, 0.15) is 27.2 Å². The predicted molar refractivity (Wildman–Crippen MR) is 70.6 cm³/mol. The molecule has 0 spiro atoms. The van der Waals surface area contributed by atoms with Gasteiger partial charge in [-0.15, -0.1) is 0 Å². The van der Waals surface area contributed by atoms with Gasteiger partial charge in [-0.25, -0.2) is 9.59 Å². The fourth-order valence-corrected chi connectivity index (χ4v) is 2.38. The van der Waals surface area contributed by atoms with Crippen LogP contribution in [0.4, 0.5) is 4.79 Å². The normalized spacial score (nSPS) is 26.7. The van der Waals surface area contributed by atoms with Crippen LogP contribution in [-0.4, -0.2) is 43.5 Å². The van der Waals surface area contributed by atoms with E-state index in [2.05, 4.69) is 20.8 Å². The molecule has 0 aromatic rings. The van der Waals surface area contributed by atoms with Crippen LogP contribution < -0.4 is 0 Å². The van der Waals surface area contributed by atoms with Crippen LogP contribution in [0, 0.1) is 11.3 Å². The molecule has 1 fully saturated rings. The standard InChI is InChI=1S/C14H21NO5/c1-14(2,3)9-7-10(12(16)18-4)20-11(8-9)15-5-6-19-13(15)17/h7,9,11H,5-6,8H2,1-4H3/t9-,11+/m1/s1. The number of allylic oxidation sites excluding steroid dienone is 1. The zero-order chi connectivity index (χ0) is 14.9. The lowest BCUT2D eigenvalue weighted by molar-refractivity contribution is -0.145. The molecule has 2 heterocycles. The van der Waals surface area contributed by atoms with E-state index in [1.807, 2.05) is 0 Å². The number of carbonyl (C=O) groups excluding carboxylic acids is 2. The molecule has 2 aliphatic rings. The number of amides is 1. The first kappa shape index (κ1) is 14.7. The van der Waals surface area contributed by atoms with Gasteiger partial charge in [-0.2, -0.15) is 0 Å². The van der Waals surface area contributed by atoms with Crippen molar-refractivity contribution in [2.24, 2.45) is 11.3 Å². The first-order valence-electron chi connectivity index (χ1n) is 6.73. The minimum absolute atomic E-state index is 0.0368. The second-order valence-corrected chi connectivity index (χ2v) is 6.11. The summed E-state index contributed by atoms with van der Waals surface area (Å²) in [5.74, 6) is -0.233. The third-order valence-corrected chi connectivity index (χ3v) is 3.71. The molecule has 6 heteroatoms. The molecule has 0 bridgehead atoms. The van der Waals surface area contributed by atoms with E-state index in [4.69, 9.17) is 14.2 Å². The van der Waals surface area contributed by atoms with Gasteiger partial charge in [-0.1, -0.05) is 20.8 Å². The maximum absolute atomic E-state index is 11.7. The first-order chi connectivity index (χ1) is 9.32. The molecule has 2 rings (SSSR count). The van der Waals surface area contributed by atoms with E-state index >= 15 is 0 Å². The summed E-state index contributed by atoms with van der Waals surface area (Å²) in [7, 11) is 1.31. The maximum Gasteiger partial charge on any atom is 0.412 e. The van der Waals surface area contributed by atoms with Gasteiger partial charge < -0.3 is 14.2 Å². The molecule has 0 aromatic carbocycles. The molecule has 0 N–H and O–H groups in total. The molecule has 1 saturated heterocycles. The summed E-state index contributed by atoms with van der Waals surface area (Å²) in [4.78, 5) is 24.9. The second-order valence-electron chi connectivity index (χ2n) is 6.11. The summed E-state index contributed by atoms with van der Waals surface area (Å²) in [5, 5.41) is 0. The number of carbonyl (C=O) groups is 2. The molecule has 112 valence electrons. The fourth-order valence-electron chi connectivity index (χ4n) is 2.38. The monoisotopic (exact) mass is 283 g/mol. The molecule has 0 aliphatic carbocycles. The van der Waals surface area contributed by atoms with Crippen LogP contribution in [0.25, 0.3) is 0 Å². The third kappa shape index (κ3) is 2.89. The molecule has 0 aromatic heterocycles. The van der Waals surface area contributed by atoms with E-state index in [-0.39, 0.29) is 17.1 Å². The second kappa shape index (κ2) is 5.34. The minimum Gasteiger partial charge on any atom is -0.463 e. The molecule has 2 aliphatic heterocycles. The molecular weight excluding hydrogens is 262 g/mol. The van der Waals surface area contributed by atoms with Crippen molar-refractivity contribution in [3.8, 4) is 0 Å². The zero-order valence-corrected chi connectivity index (χ0v) is 12.3. The highest BCUT2D eigenvalue weighted by Crippen LogP contribution is 2.37. The largest absolute Gasteiger partial charge is 0.463 e.